The summed E-state index contributed by atoms with van der Waals surface area (Å²) in [6.45, 7) is 3.24. The molecule has 0 fully saturated rings. The second-order valence-corrected chi connectivity index (χ2v) is 9.70. The number of fused-ring (bicyclic) bond motifs is 1. The minimum absolute atomic E-state index is 0. The number of aromatic nitrogens is 4. The van der Waals surface area contributed by atoms with E-state index in [0.717, 1.165) is 40.0 Å². The van der Waals surface area contributed by atoms with Crippen LogP contribution in [0.4, 0.5) is 16.0 Å². The van der Waals surface area contributed by atoms with Crippen LogP contribution in [0.25, 0.3) is 22.2 Å². The number of hydrogen-bond donors (Lipinski definition) is 2. The lowest BCUT2D eigenvalue weighted by atomic mass is 10.0. The number of anilines is 2. The lowest BCUT2D eigenvalue weighted by Gasteiger charge is -2.11. The first-order chi connectivity index (χ1) is 19.3. The van der Waals surface area contributed by atoms with Gasteiger partial charge in [0.25, 0.3) is 5.91 Å². The second-order valence-electron chi connectivity index (χ2n) is 9.70. The minimum Gasteiger partial charge on any atom is -0.457 e. The van der Waals surface area contributed by atoms with E-state index in [-0.39, 0.29) is 14.5 Å². The fraction of sp³-hybridized carbons (Fsp3) is 0.200. The molecule has 0 radical (unpaired) electrons. The Labute approximate surface area is 234 Å². The van der Waals surface area contributed by atoms with E-state index in [2.05, 4.69) is 20.6 Å². The van der Waals surface area contributed by atoms with E-state index >= 15 is 0 Å². The normalized spacial score (nSPS) is 11.2. The Morgan fingerprint density at radius 2 is 1.82 bits per heavy atom. The molecule has 40 heavy (non-hydrogen) atoms. The Morgan fingerprint density at radius 1 is 1.02 bits per heavy atom. The zero-order valence-corrected chi connectivity index (χ0v) is 22.8. The van der Waals surface area contributed by atoms with Gasteiger partial charge in [-0.25, -0.2) is 9.97 Å². The maximum Gasteiger partial charge on any atom is 0.270 e. The molecule has 10 heteroatoms. The molecule has 1 amide bonds. The molecule has 208 valence electrons. The van der Waals surface area contributed by atoms with E-state index in [9.17, 15) is 9.18 Å². The maximum atomic E-state index is 13.7. The molecule has 0 aliphatic carbocycles. The Balaban J connectivity index is 0.00000242. The number of amides is 1. The Kier molecular flexibility index (Phi) is 7.70. The third-order valence-electron chi connectivity index (χ3n) is 6.43. The summed E-state index contributed by atoms with van der Waals surface area (Å²) in [7, 11) is 5.82. The number of imidazole rings is 1. The molecule has 0 bridgehead atoms. The number of carbonyl (C=O) groups excluding carboxylic acids is 1. The zero-order valence-electron chi connectivity index (χ0n) is 22.8. The van der Waals surface area contributed by atoms with Crippen molar-refractivity contribution in [2.24, 2.45) is 7.05 Å². The van der Waals surface area contributed by atoms with Crippen molar-refractivity contribution in [2.75, 3.05) is 32.5 Å². The fourth-order valence-electron chi connectivity index (χ4n) is 4.28. The highest BCUT2D eigenvalue weighted by atomic mass is 19.1. The van der Waals surface area contributed by atoms with Gasteiger partial charge in [0.2, 0.25) is 11.9 Å². The summed E-state index contributed by atoms with van der Waals surface area (Å²) >= 11 is 0. The van der Waals surface area contributed by atoms with Crippen LogP contribution in [0.1, 0.15) is 18.9 Å². The van der Waals surface area contributed by atoms with Gasteiger partial charge in [-0.3, -0.25) is 9.78 Å². The monoisotopic (exact) mass is 543 g/mol. The van der Waals surface area contributed by atoms with Gasteiger partial charge >= 0.3 is 0 Å². The molecule has 0 saturated heterocycles. The summed E-state index contributed by atoms with van der Waals surface area (Å²) in [4.78, 5) is 27.0. The molecule has 3 heterocycles. The predicted octanol–water partition coefficient (Wildman–Crippen LogP) is 5.80. The molecule has 5 rings (SSSR count). The highest BCUT2D eigenvalue weighted by molar-refractivity contribution is 5.92. The number of halogens is 1. The quantitative estimate of drug-likeness (QED) is 0.227. The number of hydrogen-bond acceptors (Lipinski definition) is 7. The molecule has 0 aliphatic rings. The van der Waals surface area contributed by atoms with Crippen molar-refractivity contribution in [3.8, 4) is 22.6 Å². The number of nitrogens with one attached hydrogen (secondary N) is 2. The van der Waals surface area contributed by atoms with Crippen LogP contribution < -0.4 is 15.4 Å². The van der Waals surface area contributed by atoms with E-state index in [4.69, 9.17) is 9.72 Å². The van der Waals surface area contributed by atoms with Crippen molar-refractivity contribution in [1.82, 2.24) is 29.7 Å². The highest BCUT2D eigenvalue weighted by Gasteiger charge is 2.13. The number of ether oxygens (including phenoxy) is 1. The molecular weight excluding hydrogens is 509 g/mol. The molecular formula is C30H34FN7O2. The second kappa shape index (κ2) is 11.5. The summed E-state index contributed by atoms with van der Waals surface area (Å²) in [6, 6.07) is 18.1. The number of rotatable bonds is 9. The van der Waals surface area contributed by atoms with E-state index in [1.165, 1.54) is 12.3 Å². The largest absolute Gasteiger partial charge is 0.457 e. The molecule has 5 aromatic rings. The highest BCUT2D eigenvalue weighted by Crippen LogP contribution is 2.31. The lowest BCUT2D eigenvalue weighted by molar-refractivity contribution is 0.0945. The van der Waals surface area contributed by atoms with Gasteiger partial charge < -0.3 is 24.8 Å². The zero-order chi connectivity index (χ0) is 28.2. The summed E-state index contributed by atoms with van der Waals surface area (Å²) in [6.07, 6.45) is 3.01. The number of benzene rings is 2. The Bertz CT molecular complexity index is 1690. The molecule has 3 aromatic heterocycles. The van der Waals surface area contributed by atoms with Gasteiger partial charge in [0.05, 0.1) is 11.0 Å². The average Bonchev–Trinajstić information content (AvgIpc) is 3.23. The summed E-state index contributed by atoms with van der Waals surface area (Å²) in [5.74, 6) is 0.954. The molecule has 0 atom stereocenters. The summed E-state index contributed by atoms with van der Waals surface area (Å²) in [5, 5.41) is 6.23. The molecule has 0 aliphatic heterocycles. The van der Waals surface area contributed by atoms with Gasteiger partial charge in [-0.1, -0.05) is 6.07 Å². The maximum absolute atomic E-state index is 13.7. The predicted molar refractivity (Wildman–Crippen MR) is 158 cm³/mol. The first-order valence-electron chi connectivity index (χ1n) is 12.8. The summed E-state index contributed by atoms with van der Waals surface area (Å²) in [5.41, 5.74) is 5.44. The minimum atomic E-state index is -0.519. The van der Waals surface area contributed by atoms with E-state index in [1.54, 1.807) is 24.4 Å². The van der Waals surface area contributed by atoms with Crippen LogP contribution in [0.15, 0.2) is 73.1 Å². The van der Waals surface area contributed by atoms with Crippen molar-refractivity contribution in [1.29, 1.82) is 0 Å². The standard InChI is InChI=1S/C30H30FN7O2.2H2/c1-19-5-6-21(16-24(19)20-9-11-33-28(31)15-20)35-30-36-25-17-22(7-8-27(25)38(30)4)40-23-10-12-32-26(18-23)29(39)34-13-14-37(2)3;;/h5-12,15-18H,13-14H2,1-4H3,(H,34,39)(H,35,36);2*1H. The van der Waals surface area contributed by atoms with Crippen LogP contribution in [0.2, 0.25) is 0 Å². The van der Waals surface area contributed by atoms with Crippen LogP contribution in [-0.4, -0.2) is 57.5 Å². The van der Waals surface area contributed by atoms with Crippen molar-refractivity contribution < 1.29 is 16.8 Å². The summed E-state index contributed by atoms with van der Waals surface area (Å²) < 4.78 is 21.7. The van der Waals surface area contributed by atoms with Crippen LogP contribution in [0.3, 0.4) is 0 Å². The number of likely N-dealkylation sites (N-methyl/N-ethyl adjacent to an activating group) is 1. The first-order valence-corrected chi connectivity index (χ1v) is 12.8. The molecule has 0 spiro atoms. The number of nitrogens with zero attached hydrogens (tertiary/aromatic N) is 5. The molecule has 9 nitrogen and oxygen atoms in total. The SMILES string of the molecule is Cc1ccc(Nc2nc3cc(Oc4ccnc(C(=O)NCCN(C)C)c4)ccc3n2C)cc1-c1ccnc(F)c1.[HH].[HH]. The van der Waals surface area contributed by atoms with Gasteiger partial charge in [-0.15, -0.1) is 0 Å². The van der Waals surface area contributed by atoms with Gasteiger partial charge in [-0.05, 0) is 74.1 Å². The molecule has 2 N–H and O–H groups in total. The third kappa shape index (κ3) is 6.08. The van der Waals surface area contributed by atoms with E-state index in [0.29, 0.717) is 24.0 Å². The fourth-order valence-corrected chi connectivity index (χ4v) is 4.28. The third-order valence-corrected chi connectivity index (χ3v) is 6.43. The van der Waals surface area contributed by atoms with Gasteiger partial charge in [0.15, 0.2) is 0 Å². The first kappa shape index (κ1) is 26.8. The van der Waals surface area contributed by atoms with Crippen molar-refractivity contribution in [3.05, 3.63) is 90.3 Å². The van der Waals surface area contributed by atoms with Gasteiger partial charge in [0.1, 0.15) is 17.2 Å². The van der Waals surface area contributed by atoms with E-state index < -0.39 is 5.95 Å². The van der Waals surface area contributed by atoms with Gasteiger partial charge in [0, 0.05) is 59.3 Å². The Morgan fingerprint density at radius 3 is 2.62 bits per heavy atom. The topological polar surface area (TPSA) is 97.2 Å². The molecule has 0 unspecified atom stereocenters. The van der Waals surface area contributed by atoms with Crippen LogP contribution in [0.5, 0.6) is 11.5 Å². The number of carbonyl (C=O) groups is 1. The van der Waals surface area contributed by atoms with Crippen molar-refractivity contribution >= 4 is 28.6 Å². The van der Waals surface area contributed by atoms with Crippen molar-refractivity contribution in [2.45, 2.75) is 6.92 Å². The van der Waals surface area contributed by atoms with Crippen LogP contribution >= 0.6 is 0 Å². The van der Waals surface area contributed by atoms with Crippen LogP contribution in [0, 0.1) is 12.9 Å². The number of aryl methyl sites for hydroxylation is 2. The molecule has 2 aromatic carbocycles. The number of pyridine rings is 2. The molecule has 0 saturated carbocycles. The Hall–Kier alpha value is -4.83. The smallest absolute Gasteiger partial charge is 0.270 e. The van der Waals surface area contributed by atoms with Crippen molar-refractivity contribution in [3.63, 3.8) is 0 Å². The van der Waals surface area contributed by atoms with E-state index in [1.807, 2.05) is 73.9 Å². The average molecular weight is 544 g/mol. The van der Waals surface area contributed by atoms with Gasteiger partial charge in [-0.2, -0.15) is 4.39 Å². The lowest BCUT2D eigenvalue weighted by Crippen LogP contribution is -2.31. The van der Waals surface area contributed by atoms with Crippen LogP contribution in [-0.2, 0) is 7.05 Å².